The lowest BCUT2D eigenvalue weighted by molar-refractivity contribution is -0.137. The average molecular weight is 275 g/mol. The maximum Gasteiger partial charge on any atom is 0.416 e. The molecule has 5 heteroatoms. The third-order valence-corrected chi connectivity index (χ3v) is 4.15. The van der Waals surface area contributed by atoms with Crippen molar-refractivity contribution in [3.05, 3.63) is 35.4 Å². The highest BCUT2D eigenvalue weighted by Crippen LogP contribution is 2.29. The van der Waals surface area contributed by atoms with E-state index in [0.29, 0.717) is 12.6 Å². The van der Waals surface area contributed by atoms with Crippen LogP contribution in [0.15, 0.2) is 24.3 Å². The van der Waals surface area contributed by atoms with Crippen molar-refractivity contribution in [2.45, 2.75) is 31.6 Å². The van der Waals surface area contributed by atoms with Gasteiger partial charge in [-0.1, -0.05) is 12.1 Å². The van der Waals surface area contributed by atoms with Crippen LogP contribution in [0.5, 0.6) is 0 Å². The van der Waals surface area contributed by atoms with Crippen LogP contribution in [0.2, 0.25) is 0 Å². The van der Waals surface area contributed by atoms with Gasteiger partial charge in [0.25, 0.3) is 0 Å². The first kappa shape index (κ1) is 13.7. The summed E-state index contributed by atoms with van der Waals surface area (Å²) in [6.07, 6.45) is -1.96. The summed E-state index contributed by atoms with van der Waals surface area (Å²) in [5.74, 6) is 2.34. The summed E-state index contributed by atoms with van der Waals surface area (Å²) in [5, 5.41) is 3.40. The summed E-state index contributed by atoms with van der Waals surface area (Å²) in [5.41, 5.74) is 0.321. The van der Waals surface area contributed by atoms with Gasteiger partial charge in [0.1, 0.15) is 0 Å². The van der Waals surface area contributed by atoms with Gasteiger partial charge >= 0.3 is 6.18 Å². The zero-order chi connectivity index (χ0) is 13.0. The van der Waals surface area contributed by atoms with Crippen LogP contribution in [0.25, 0.3) is 0 Å². The topological polar surface area (TPSA) is 12.0 Å². The molecule has 0 aliphatic carbocycles. The highest BCUT2D eigenvalue weighted by molar-refractivity contribution is 7.99. The second-order valence-electron chi connectivity index (χ2n) is 4.46. The van der Waals surface area contributed by atoms with Crippen LogP contribution >= 0.6 is 11.8 Å². The van der Waals surface area contributed by atoms with Crippen LogP contribution in [-0.2, 0) is 12.7 Å². The number of hydrogen-bond acceptors (Lipinski definition) is 2. The fourth-order valence-electron chi connectivity index (χ4n) is 1.98. The number of halogens is 3. The number of hydrogen-bond donors (Lipinski definition) is 1. The zero-order valence-corrected chi connectivity index (χ0v) is 10.8. The molecule has 1 fully saturated rings. The third kappa shape index (κ3) is 3.92. The van der Waals surface area contributed by atoms with E-state index in [4.69, 9.17) is 0 Å². The SMILES string of the molecule is FC(F)(F)c1ccc(CNC2CCSCC2)cc1. The molecule has 0 spiro atoms. The van der Waals surface area contributed by atoms with Crippen molar-refractivity contribution in [2.75, 3.05) is 11.5 Å². The lowest BCUT2D eigenvalue weighted by atomic mass is 10.1. The highest BCUT2D eigenvalue weighted by Gasteiger charge is 2.29. The minimum Gasteiger partial charge on any atom is -0.310 e. The maximum absolute atomic E-state index is 12.4. The minimum absolute atomic E-state index is 0.508. The number of benzene rings is 1. The first-order valence-corrected chi connectivity index (χ1v) is 7.18. The molecule has 1 aliphatic heterocycles. The van der Waals surface area contributed by atoms with Crippen LogP contribution in [0.4, 0.5) is 13.2 Å². The van der Waals surface area contributed by atoms with Crippen molar-refractivity contribution in [1.82, 2.24) is 5.32 Å². The molecule has 1 saturated heterocycles. The van der Waals surface area contributed by atoms with Gasteiger partial charge in [-0.15, -0.1) is 0 Å². The Balaban J connectivity index is 1.86. The second kappa shape index (κ2) is 5.97. The fraction of sp³-hybridized carbons (Fsp3) is 0.538. The van der Waals surface area contributed by atoms with Gasteiger partial charge in [0.05, 0.1) is 5.56 Å². The third-order valence-electron chi connectivity index (χ3n) is 3.10. The second-order valence-corrected chi connectivity index (χ2v) is 5.69. The lowest BCUT2D eigenvalue weighted by Crippen LogP contribution is -2.32. The van der Waals surface area contributed by atoms with Gasteiger partial charge in [-0.25, -0.2) is 0 Å². The molecular weight excluding hydrogens is 259 g/mol. The summed E-state index contributed by atoms with van der Waals surface area (Å²) < 4.78 is 37.1. The molecule has 2 rings (SSSR count). The Morgan fingerprint density at radius 1 is 1.11 bits per heavy atom. The van der Waals surface area contributed by atoms with E-state index in [2.05, 4.69) is 5.32 Å². The Bertz CT molecular complexity index is 369. The van der Waals surface area contributed by atoms with Gasteiger partial charge in [-0.3, -0.25) is 0 Å². The molecule has 1 aliphatic rings. The molecule has 0 radical (unpaired) electrons. The molecule has 0 unspecified atom stereocenters. The molecule has 100 valence electrons. The number of rotatable bonds is 3. The van der Waals surface area contributed by atoms with E-state index in [1.807, 2.05) is 11.8 Å². The molecule has 18 heavy (non-hydrogen) atoms. The van der Waals surface area contributed by atoms with Crippen LogP contribution in [-0.4, -0.2) is 17.5 Å². The van der Waals surface area contributed by atoms with E-state index in [9.17, 15) is 13.2 Å². The summed E-state index contributed by atoms with van der Waals surface area (Å²) in [7, 11) is 0. The van der Waals surface area contributed by atoms with Gasteiger partial charge in [0.15, 0.2) is 0 Å². The predicted octanol–water partition coefficient (Wildman–Crippen LogP) is 3.69. The van der Waals surface area contributed by atoms with E-state index < -0.39 is 11.7 Å². The maximum atomic E-state index is 12.4. The summed E-state index contributed by atoms with van der Waals surface area (Å²) >= 11 is 1.96. The predicted molar refractivity (Wildman–Crippen MR) is 68.6 cm³/mol. The first-order valence-electron chi connectivity index (χ1n) is 6.03. The van der Waals surface area contributed by atoms with E-state index in [1.54, 1.807) is 12.1 Å². The largest absolute Gasteiger partial charge is 0.416 e. The Labute approximate surface area is 109 Å². The number of thioether (sulfide) groups is 1. The molecule has 1 aromatic rings. The van der Waals surface area contributed by atoms with Crippen LogP contribution < -0.4 is 5.32 Å². The molecule has 1 N–H and O–H groups in total. The van der Waals surface area contributed by atoms with Crippen molar-refractivity contribution < 1.29 is 13.2 Å². The van der Waals surface area contributed by atoms with Gasteiger partial charge in [-0.2, -0.15) is 24.9 Å². The van der Waals surface area contributed by atoms with Crippen LogP contribution in [0, 0.1) is 0 Å². The normalized spacial score (nSPS) is 17.9. The van der Waals surface area contributed by atoms with Gasteiger partial charge in [0.2, 0.25) is 0 Å². The van der Waals surface area contributed by atoms with Crippen molar-refractivity contribution in [3.63, 3.8) is 0 Å². The quantitative estimate of drug-likeness (QED) is 0.903. The fourth-order valence-corrected chi connectivity index (χ4v) is 3.08. The standard InChI is InChI=1S/C13H16F3NS/c14-13(15,16)11-3-1-10(2-4-11)9-17-12-5-7-18-8-6-12/h1-4,12,17H,5-9H2. The van der Waals surface area contributed by atoms with Crippen molar-refractivity contribution >= 4 is 11.8 Å². The van der Waals surface area contributed by atoms with Gasteiger partial charge in [0, 0.05) is 12.6 Å². The Morgan fingerprint density at radius 2 is 1.72 bits per heavy atom. The van der Waals surface area contributed by atoms with Crippen LogP contribution in [0.3, 0.4) is 0 Å². The first-order chi connectivity index (χ1) is 8.55. The Kier molecular flexibility index (Phi) is 4.56. The molecule has 0 amide bonds. The molecule has 0 aromatic heterocycles. The summed E-state index contributed by atoms with van der Waals surface area (Å²) in [6, 6.07) is 5.90. The summed E-state index contributed by atoms with van der Waals surface area (Å²) in [4.78, 5) is 0. The Hall–Kier alpha value is -0.680. The van der Waals surface area contributed by atoms with Crippen molar-refractivity contribution in [1.29, 1.82) is 0 Å². The van der Waals surface area contributed by atoms with E-state index in [-0.39, 0.29) is 0 Å². The van der Waals surface area contributed by atoms with Crippen molar-refractivity contribution in [3.8, 4) is 0 Å². The smallest absolute Gasteiger partial charge is 0.310 e. The Morgan fingerprint density at radius 3 is 2.28 bits per heavy atom. The van der Waals surface area contributed by atoms with Crippen LogP contribution in [0.1, 0.15) is 24.0 Å². The van der Waals surface area contributed by atoms with Crippen molar-refractivity contribution in [2.24, 2.45) is 0 Å². The molecule has 0 atom stereocenters. The van der Waals surface area contributed by atoms with E-state index >= 15 is 0 Å². The number of alkyl halides is 3. The van der Waals surface area contributed by atoms with Gasteiger partial charge < -0.3 is 5.32 Å². The average Bonchev–Trinajstić information content (AvgIpc) is 2.37. The molecular formula is C13H16F3NS. The van der Waals surface area contributed by atoms with E-state index in [0.717, 1.165) is 30.5 Å². The summed E-state index contributed by atoms with van der Waals surface area (Å²) in [6.45, 7) is 0.646. The zero-order valence-electron chi connectivity index (χ0n) is 9.96. The van der Waals surface area contributed by atoms with Gasteiger partial charge in [-0.05, 0) is 42.0 Å². The van der Waals surface area contributed by atoms with E-state index in [1.165, 1.54) is 11.5 Å². The molecule has 1 heterocycles. The molecule has 0 saturated carbocycles. The lowest BCUT2D eigenvalue weighted by Gasteiger charge is -2.22. The highest BCUT2D eigenvalue weighted by atomic mass is 32.2. The minimum atomic E-state index is -4.24. The molecule has 1 nitrogen and oxygen atoms in total. The number of nitrogens with one attached hydrogen (secondary N) is 1. The molecule has 0 bridgehead atoms. The molecule has 1 aromatic carbocycles. The monoisotopic (exact) mass is 275 g/mol.